The first-order valence-electron chi connectivity index (χ1n) is 6.56. The molecule has 0 aliphatic rings. The highest BCUT2D eigenvalue weighted by molar-refractivity contribution is 9.10. The van der Waals surface area contributed by atoms with E-state index in [0.717, 1.165) is 25.7 Å². The quantitative estimate of drug-likeness (QED) is 0.458. The molecule has 0 amide bonds. The minimum atomic E-state index is -0.576. The second-order valence-electron chi connectivity index (χ2n) is 4.88. The van der Waals surface area contributed by atoms with Gasteiger partial charge < -0.3 is 5.11 Å². The van der Waals surface area contributed by atoms with Crippen LogP contribution < -0.4 is 0 Å². The average Bonchev–Trinajstić information content (AvgIpc) is 3.08. The van der Waals surface area contributed by atoms with Crippen LogP contribution in [0.4, 0.5) is 0 Å². The van der Waals surface area contributed by atoms with Gasteiger partial charge in [-0.3, -0.25) is 0 Å². The maximum Gasteiger partial charge on any atom is 0.114 e. The first-order chi connectivity index (χ1) is 10.2. The number of fused-ring (bicyclic) bond motifs is 2. The van der Waals surface area contributed by atoms with Crippen LogP contribution in [0.3, 0.4) is 0 Å². The zero-order chi connectivity index (χ0) is 14.4. The maximum absolute atomic E-state index is 10.8. The molecule has 2 aromatic heterocycles. The molecule has 0 radical (unpaired) electrons. The lowest BCUT2D eigenvalue weighted by Gasteiger charge is -2.13. The molecule has 2 heterocycles. The lowest BCUT2D eigenvalue weighted by Crippen LogP contribution is -1.98. The Morgan fingerprint density at radius 1 is 0.952 bits per heavy atom. The molecule has 0 saturated carbocycles. The molecule has 0 aliphatic heterocycles. The second kappa shape index (κ2) is 5.21. The van der Waals surface area contributed by atoms with Crippen LogP contribution in [0.2, 0.25) is 0 Å². The van der Waals surface area contributed by atoms with Gasteiger partial charge in [-0.2, -0.15) is 0 Å². The fourth-order valence-corrected chi connectivity index (χ4v) is 5.20. The number of aliphatic hydroxyl groups excluding tert-OH is 1. The van der Waals surface area contributed by atoms with Crippen molar-refractivity contribution in [2.24, 2.45) is 0 Å². The monoisotopic (exact) mass is 374 g/mol. The minimum absolute atomic E-state index is 0.576. The van der Waals surface area contributed by atoms with Gasteiger partial charge in [0.2, 0.25) is 0 Å². The van der Waals surface area contributed by atoms with Crippen LogP contribution in [-0.2, 0) is 0 Å². The highest BCUT2D eigenvalue weighted by Gasteiger charge is 2.17. The fourth-order valence-electron chi connectivity index (χ4n) is 2.60. The highest BCUT2D eigenvalue weighted by Crippen LogP contribution is 2.38. The number of thiophene rings is 2. The molecule has 2 aromatic carbocycles. The Balaban J connectivity index is 1.89. The van der Waals surface area contributed by atoms with Crippen molar-refractivity contribution in [3.8, 4) is 0 Å². The van der Waals surface area contributed by atoms with Crippen molar-refractivity contribution in [3.63, 3.8) is 0 Å². The maximum atomic E-state index is 10.8. The Bertz CT molecular complexity index is 910. The largest absolute Gasteiger partial charge is 0.383 e. The molecular formula is C17H11BrOS2. The molecule has 1 atom stereocenters. The lowest BCUT2D eigenvalue weighted by atomic mass is 9.99. The third kappa shape index (κ3) is 2.23. The van der Waals surface area contributed by atoms with Crippen LogP contribution in [0, 0.1) is 0 Å². The van der Waals surface area contributed by atoms with Gasteiger partial charge in [-0.1, -0.05) is 46.3 Å². The predicted molar refractivity (Wildman–Crippen MR) is 95.4 cm³/mol. The van der Waals surface area contributed by atoms with Gasteiger partial charge in [0.1, 0.15) is 6.10 Å². The van der Waals surface area contributed by atoms with Crippen molar-refractivity contribution in [2.45, 2.75) is 6.10 Å². The van der Waals surface area contributed by atoms with E-state index in [1.807, 2.05) is 24.3 Å². The Labute approximate surface area is 138 Å². The summed E-state index contributed by atoms with van der Waals surface area (Å²) in [5.41, 5.74) is 0.961. The molecule has 4 rings (SSSR count). The Kier molecular flexibility index (Phi) is 3.34. The van der Waals surface area contributed by atoms with Gasteiger partial charge in [-0.25, -0.2) is 0 Å². The molecule has 21 heavy (non-hydrogen) atoms. The molecule has 0 spiro atoms. The smallest absolute Gasteiger partial charge is 0.114 e. The van der Waals surface area contributed by atoms with E-state index < -0.39 is 6.10 Å². The summed E-state index contributed by atoms with van der Waals surface area (Å²) < 4.78 is 3.55. The van der Waals surface area contributed by atoms with Crippen LogP contribution in [0.15, 0.2) is 58.4 Å². The normalized spacial score (nSPS) is 13.0. The Hall–Kier alpha value is -1.20. The van der Waals surface area contributed by atoms with E-state index in [0.29, 0.717) is 0 Å². The van der Waals surface area contributed by atoms with E-state index in [-0.39, 0.29) is 0 Å². The molecule has 1 N–H and O–H groups in total. The van der Waals surface area contributed by atoms with Gasteiger partial charge in [0.15, 0.2) is 0 Å². The molecule has 0 fully saturated rings. The summed E-state index contributed by atoms with van der Waals surface area (Å²) in [5.74, 6) is 0. The first kappa shape index (κ1) is 13.5. The van der Waals surface area contributed by atoms with Crippen molar-refractivity contribution in [2.75, 3.05) is 0 Å². The number of hydrogen-bond donors (Lipinski definition) is 1. The molecule has 0 saturated heterocycles. The van der Waals surface area contributed by atoms with Crippen molar-refractivity contribution in [1.82, 2.24) is 0 Å². The number of aliphatic hydroxyl groups is 1. The van der Waals surface area contributed by atoms with E-state index in [2.05, 4.69) is 45.6 Å². The summed E-state index contributed by atoms with van der Waals surface area (Å²) in [7, 11) is 0. The molecule has 0 aliphatic carbocycles. The van der Waals surface area contributed by atoms with Crippen LogP contribution in [0.5, 0.6) is 0 Å². The van der Waals surface area contributed by atoms with Gasteiger partial charge in [-0.15, -0.1) is 22.7 Å². The highest BCUT2D eigenvalue weighted by atomic mass is 79.9. The van der Waals surface area contributed by atoms with Crippen LogP contribution in [-0.4, -0.2) is 5.11 Å². The fraction of sp³-hybridized carbons (Fsp3) is 0.0588. The van der Waals surface area contributed by atoms with Gasteiger partial charge in [0, 0.05) is 18.7 Å². The summed E-state index contributed by atoms with van der Waals surface area (Å²) in [6.07, 6.45) is -0.576. The molecule has 1 unspecified atom stereocenters. The average molecular weight is 375 g/mol. The van der Waals surface area contributed by atoms with Crippen LogP contribution in [0.25, 0.3) is 20.2 Å². The third-order valence-corrected chi connectivity index (χ3v) is 6.46. The van der Waals surface area contributed by atoms with Crippen LogP contribution >= 0.6 is 38.6 Å². The molecule has 104 valence electrons. The Morgan fingerprint density at radius 3 is 2.57 bits per heavy atom. The van der Waals surface area contributed by atoms with Gasteiger partial charge >= 0.3 is 0 Å². The first-order valence-corrected chi connectivity index (χ1v) is 9.05. The Morgan fingerprint density at radius 2 is 1.76 bits per heavy atom. The molecule has 0 bridgehead atoms. The van der Waals surface area contributed by atoms with E-state index in [1.54, 1.807) is 22.7 Å². The lowest BCUT2D eigenvalue weighted by molar-refractivity contribution is 0.226. The summed E-state index contributed by atoms with van der Waals surface area (Å²) in [6, 6.07) is 16.4. The number of hydrogen-bond acceptors (Lipinski definition) is 3. The third-order valence-electron chi connectivity index (χ3n) is 3.63. The van der Waals surface area contributed by atoms with Gasteiger partial charge in [0.05, 0.1) is 0 Å². The van der Waals surface area contributed by atoms with Crippen molar-refractivity contribution in [1.29, 1.82) is 0 Å². The number of halogens is 1. The van der Waals surface area contributed by atoms with E-state index in [1.165, 1.54) is 9.40 Å². The zero-order valence-corrected chi connectivity index (χ0v) is 14.1. The number of benzene rings is 2. The van der Waals surface area contributed by atoms with Crippen LogP contribution in [0.1, 0.15) is 16.5 Å². The summed E-state index contributed by atoms with van der Waals surface area (Å²) in [5, 5.41) is 15.1. The summed E-state index contributed by atoms with van der Waals surface area (Å²) >= 11 is 6.97. The van der Waals surface area contributed by atoms with Crippen molar-refractivity contribution < 1.29 is 5.11 Å². The summed E-state index contributed by atoms with van der Waals surface area (Å²) in [4.78, 5) is 1.00. The van der Waals surface area contributed by atoms with Crippen molar-refractivity contribution >= 4 is 58.8 Å². The van der Waals surface area contributed by atoms with E-state index in [4.69, 9.17) is 0 Å². The predicted octanol–water partition coefficient (Wildman–Crippen LogP) is 5.96. The second-order valence-corrected chi connectivity index (χ2v) is 7.80. The van der Waals surface area contributed by atoms with Gasteiger partial charge in [0.25, 0.3) is 0 Å². The van der Waals surface area contributed by atoms with Crippen molar-refractivity contribution in [3.05, 3.63) is 68.8 Å². The molecule has 4 aromatic rings. The van der Waals surface area contributed by atoms with Gasteiger partial charge in [-0.05, 0) is 39.9 Å². The SMILES string of the molecule is OC(c1cc2sccc2s1)c1ccc(Br)c2ccccc12. The molecular weight excluding hydrogens is 364 g/mol. The summed E-state index contributed by atoms with van der Waals surface area (Å²) in [6.45, 7) is 0. The zero-order valence-electron chi connectivity index (χ0n) is 10.9. The molecule has 1 nitrogen and oxygen atoms in total. The topological polar surface area (TPSA) is 20.2 Å². The molecule has 4 heteroatoms. The number of rotatable bonds is 2. The minimum Gasteiger partial charge on any atom is -0.383 e. The van der Waals surface area contributed by atoms with E-state index >= 15 is 0 Å². The standard InChI is InChI=1S/C17H11BrOS2/c18-13-6-5-12(10-3-1-2-4-11(10)13)17(19)16-9-15-14(21-16)7-8-20-15/h1-9,17,19H. The van der Waals surface area contributed by atoms with E-state index in [9.17, 15) is 5.11 Å².